The Morgan fingerprint density at radius 1 is 0.784 bits per heavy atom. The van der Waals surface area contributed by atoms with Gasteiger partial charge in [0.15, 0.2) is 0 Å². The number of nitrogens with two attached hydrogens (primary N) is 2. The molecule has 5 amide bonds. The predicted molar refractivity (Wildman–Crippen MR) is 197 cm³/mol. The van der Waals surface area contributed by atoms with Crippen LogP contribution in [0.15, 0.2) is 60.7 Å². The lowest BCUT2D eigenvalue weighted by Gasteiger charge is -2.39. The van der Waals surface area contributed by atoms with Crippen LogP contribution in [0.5, 0.6) is 0 Å². The average Bonchev–Trinajstić information content (AvgIpc) is 3.48. The first kappa shape index (κ1) is 39.5. The third-order valence-electron chi connectivity index (χ3n) is 10.1. The Morgan fingerprint density at radius 2 is 1.37 bits per heavy atom. The molecule has 2 saturated heterocycles. The molecule has 2 heterocycles. The Bertz CT molecular complexity index is 1450. The Kier molecular flexibility index (Phi) is 15.0. The molecule has 0 aliphatic carbocycles. The molecule has 4 rings (SSSR count). The second-order valence-corrected chi connectivity index (χ2v) is 14.5. The molecular formula is C39H57N7O5. The van der Waals surface area contributed by atoms with Gasteiger partial charge in [-0.25, -0.2) is 0 Å². The van der Waals surface area contributed by atoms with Gasteiger partial charge in [0.2, 0.25) is 29.5 Å². The van der Waals surface area contributed by atoms with Gasteiger partial charge in [0, 0.05) is 19.6 Å². The summed E-state index contributed by atoms with van der Waals surface area (Å²) in [6.07, 6.45) is 5.15. The third kappa shape index (κ3) is 11.6. The van der Waals surface area contributed by atoms with Gasteiger partial charge < -0.3 is 37.6 Å². The van der Waals surface area contributed by atoms with Crippen molar-refractivity contribution >= 4 is 29.5 Å². The number of amides is 5. The van der Waals surface area contributed by atoms with Crippen LogP contribution in [0.1, 0.15) is 76.3 Å². The number of piperidine rings is 1. The molecule has 2 aromatic rings. The molecular weight excluding hydrogens is 646 g/mol. The predicted octanol–water partition coefficient (Wildman–Crippen LogP) is 1.95. The molecule has 12 heteroatoms. The topological polar surface area (TPSA) is 189 Å². The van der Waals surface area contributed by atoms with Crippen LogP contribution in [0.4, 0.5) is 0 Å². The van der Waals surface area contributed by atoms with E-state index in [0.29, 0.717) is 84.0 Å². The number of nitrogens with one attached hydrogen (secondary N) is 4. The van der Waals surface area contributed by atoms with Crippen LogP contribution in [0.2, 0.25) is 0 Å². The van der Waals surface area contributed by atoms with Gasteiger partial charge >= 0.3 is 0 Å². The van der Waals surface area contributed by atoms with Crippen molar-refractivity contribution in [3.8, 4) is 0 Å². The van der Waals surface area contributed by atoms with Crippen LogP contribution >= 0.6 is 0 Å². The summed E-state index contributed by atoms with van der Waals surface area (Å²) in [5.74, 6) is -1.49. The fourth-order valence-corrected chi connectivity index (χ4v) is 7.03. The van der Waals surface area contributed by atoms with E-state index in [4.69, 9.17) is 11.5 Å². The molecule has 2 aliphatic heterocycles. The summed E-state index contributed by atoms with van der Waals surface area (Å²) in [4.78, 5) is 69.3. The van der Waals surface area contributed by atoms with Crippen molar-refractivity contribution in [1.82, 2.24) is 26.2 Å². The molecule has 4 atom stereocenters. The first-order valence-corrected chi connectivity index (χ1v) is 18.5. The standard InChI is InChI=1S/C39H57N7O5/c1-27(2)25-33(36(49)44-32(15-9-10-21-40)37(50)46-23-19-39(20-24-46)18-22-42-38(39)51)45-35(48)31(17-16-28-11-5-3-6-12-28)43-34(47)30(41)26-29-13-7-4-8-14-29/h3-8,11-14,27,30-33H,9-10,15-26,40-41H2,1-2H3,(H,42,51)(H,43,47)(H,44,49)(H,45,48)/t30-,31-,32-,33-/m1/s1. The summed E-state index contributed by atoms with van der Waals surface area (Å²) in [5.41, 5.74) is 13.5. The fourth-order valence-electron chi connectivity index (χ4n) is 7.03. The number of aryl methyl sites for hydroxylation is 1. The molecule has 0 radical (unpaired) electrons. The smallest absolute Gasteiger partial charge is 0.245 e. The summed E-state index contributed by atoms with van der Waals surface area (Å²) in [7, 11) is 0. The zero-order valence-electron chi connectivity index (χ0n) is 30.2. The Morgan fingerprint density at radius 3 is 1.96 bits per heavy atom. The summed E-state index contributed by atoms with van der Waals surface area (Å²) >= 11 is 0. The molecule has 2 aromatic carbocycles. The van der Waals surface area contributed by atoms with E-state index in [-0.39, 0.29) is 17.7 Å². The highest BCUT2D eigenvalue weighted by Crippen LogP contribution is 2.38. The number of likely N-dealkylation sites (tertiary alicyclic amines) is 1. The highest BCUT2D eigenvalue weighted by Gasteiger charge is 2.45. The van der Waals surface area contributed by atoms with Gasteiger partial charge in [-0.2, -0.15) is 0 Å². The lowest BCUT2D eigenvalue weighted by molar-refractivity contribution is -0.142. The van der Waals surface area contributed by atoms with Gasteiger partial charge in [-0.1, -0.05) is 74.5 Å². The lowest BCUT2D eigenvalue weighted by atomic mass is 9.77. The minimum Gasteiger partial charge on any atom is -0.356 e. The van der Waals surface area contributed by atoms with Crippen LogP contribution in [-0.4, -0.2) is 84.8 Å². The summed E-state index contributed by atoms with van der Waals surface area (Å²) in [5, 5.41) is 11.7. The Hall–Kier alpha value is -4.29. The van der Waals surface area contributed by atoms with Gasteiger partial charge in [0.25, 0.3) is 0 Å². The van der Waals surface area contributed by atoms with Crippen molar-refractivity contribution in [3.05, 3.63) is 71.8 Å². The zero-order chi connectivity index (χ0) is 36.8. The van der Waals surface area contributed by atoms with Crippen molar-refractivity contribution in [2.24, 2.45) is 22.8 Å². The number of benzene rings is 2. The van der Waals surface area contributed by atoms with E-state index in [9.17, 15) is 24.0 Å². The van der Waals surface area contributed by atoms with Gasteiger partial charge in [0.05, 0.1) is 11.5 Å². The fraction of sp³-hybridized carbons (Fsp3) is 0.564. The van der Waals surface area contributed by atoms with E-state index in [1.807, 2.05) is 74.5 Å². The van der Waals surface area contributed by atoms with Crippen LogP contribution in [-0.2, 0) is 36.8 Å². The normalized spacial score (nSPS) is 17.7. The van der Waals surface area contributed by atoms with E-state index in [2.05, 4.69) is 21.3 Å². The maximum Gasteiger partial charge on any atom is 0.245 e. The quantitative estimate of drug-likeness (QED) is 0.128. The molecule has 51 heavy (non-hydrogen) atoms. The van der Waals surface area contributed by atoms with Gasteiger partial charge in [-0.05, 0) is 87.8 Å². The van der Waals surface area contributed by atoms with Crippen molar-refractivity contribution < 1.29 is 24.0 Å². The van der Waals surface area contributed by atoms with E-state index in [1.165, 1.54) is 0 Å². The largest absolute Gasteiger partial charge is 0.356 e. The summed E-state index contributed by atoms with van der Waals surface area (Å²) in [6, 6.07) is 15.5. The number of carbonyl (C=O) groups excluding carboxylic acids is 5. The second kappa shape index (κ2) is 19.4. The molecule has 0 bridgehead atoms. The van der Waals surface area contributed by atoms with Crippen molar-refractivity contribution in [3.63, 3.8) is 0 Å². The van der Waals surface area contributed by atoms with Gasteiger partial charge in [0.1, 0.15) is 18.1 Å². The van der Waals surface area contributed by atoms with Crippen LogP contribution in [0.25, 0.3) is 0 Å². The van der Waals surface area contributed by atoms with E-state index >= 15 is 0 Å². The molecule has 1 spiro atoms. The van der Waals surface area contributed by atoms with Gasteiger partial charge in [-0.3, -0.25) is 24.0 Å². The van der Waals surface area contributed by atoms with Gasteiger partial charge in [-0.15, -0.1) is 0 Å². The second-order valence-electron chi connectivity index (χ2n) is 14.5. The van der Waals surface area contributed by atoms with E-state index in [1.54, 1.807) is 4.90 Å². The number of hydrogen-bond acceptors (Lipinski definition) is 7. The number of unbranched alkanes of at least 4 members (excludes halogenated alkanes) is 1. The molecule has 0 saturated carbocycles. The number of carbonyl (C=O) groups is 5. The Labute approximate surface area is 302 Å². The van der Waals surface area contributed by atoms with E-state index < -0.39 is 47.3 Å². The minimum absolute atomic E-state index is 0.0416. The summed E-state index contributed by atoms with van der Waals surface area (Å²) < 4.78 is 0. The van der Waals surface area contributed by atoms with Crippen LogP contribution < -0.4 is 32.7 Å². The first-order valence-electron chi connectivity index (χ1n) is 18.5. The first-order chi connectivity index (χ1) is 24.5. The third-order valence-corrected chi connectivity index (χ3v) is 10.1. The highest BCUT2D eigenvalue weighted by atomic mass is 16.2. The molecule has 2 aliphatic rings. The molecule has 2 fully saturated rings. The highest BCUT2D eigenvalue weighted by molar-refractivity contribution is 5.95. The molecule has 278 valence electrons. The maximum atomic E-state index is 13.9. The van der Waals surface area contributed by atoms with E-state index in [0.717, 1.165) is 17.5 Å². The molecule has 0 aromatic heterocycles. The minimum atomic E-state index is -0.947. The molecule has 12 nitrogen and oxygen atoms in total. The monoisotopic (exact) mass is 703 g/mol. The molecule has 8 N–H and O–H groups in total. The maximum absolute atomic E-state index is 13.9. The number of nitrogens with zero attached hydrogens (tertiary/aromatic N) is 1. The summed E-state index contributed by atoms with van der Waals surface area (Å²) in [6.45, 7) is 5.92. The van der Waals surface area contributed by atoms with Crippen LogP contribution in [0.3, 0.4) is 0 Å². The van der Waals surface area contributed by atoms with Crippen molar-refractivity contribution in [1.29, 1.82) is 0 Å². The molecule has 0 unspecified atom stereocenters. The SMILES string of the molecule is CC(C)C[C@@H](NC(=O)[C@@H](CCc1ccccc1)NC(=O)[C@H](N)Cc1ccccc1)C(=O)N[C@H](CCCCN)C(=O)N1CCC2(CCNC2=O)CC1. The van der Waals surface area contributed by atoms with Crippen molar-refractivity contribution in [2.75, 3.05) is 26.2 Å². The van der Waals surface area contributed by atoms with Crippen LogP contribution in [0, 0.1) is 11.3 Å². The lowest BCUT2D eigenvalue weighted by Crippen LogP contribution is -2.59. The Balaban J connectivity index is 1.46. The van der Waals surface area contributed by atoms with Crippen molar-refractivity contribution in [2.45, 2.75) is 102 Å². The zero-order valence-corrected chi connectivity index (χ0v) is 30.2. The number of rotatable bonds is 18. The number of hydrogen-bond donors (Lipinski definition) is 6. The average molecular weight is 704 g/mol.